The summed E-state index contributed by atoms with van der Waals surface area (Å²) in [7, 11) is -3.94. The molecule has 2 fully saturated rings. The topological polar surface area (TPSA) is 93.2 Å². The van der Waals surface area contributed by atoms with Crippen LogP contribution in [0.15, 0.2) is 23.1 Å². The Balaban J connectivity index is 1.71. The van der Waals surface area contributed by atoms with E-state index in [0.29, 0.717) is 24.9 Å². The monoisotopic (exact) mass is 486 g/mol. The van der Waals surface area contributed by atoms with Crippen LogP contribution in [0.4, 0.5) is 0 Å². The first-order chi connectivity index (χ1) is 15.0. The van der Waals surface area contributed by atoms with E-state index in [-0.39, 0.29) is 53.3 Å². The van der Waals surface area contributed by atoms with Gasteiger partial charge in [-0.25, -0.2) is 13.2 Å². The molecule has 32 heavy (non-hydrogen) atoms. The number of nitrogens with zero attached hydrogens (tertiary/aromatic N) is 2. The van der Waals surface area contributed by atoms with Crippen molar-refractivity contribution in [2.75, 3.05) is 32.8 Å². The molecule has 2 saturated heterocycles. The van der Waals surface area contributed by atoms with E-state index in [0.717, 1.165) is 6.42 Å². The van der Waals surface area contributed by atoms with E-state index < -0.39 is 16.0 Å². The maximum Gasteiger partial charge on any atom is 0.338 e. The highest BCUT2D eigenvalue weighted by atomic mass is 35.5. The molecule has 0 aromatic heterocycles. The Hall–Kier alpha value is -1.68. The van der Waals surface area contributed by atoms with Gasteiger partial charge in [-0.1, -0.05) is 25.4 Å². The van der Waals surface area contributed by atoms with Crippen molar-refractivity contribution in [3.05, 3.63) is 28.8 Å². The van der Waals surface area contributed by atoms with Crippen LogP contribution in [0.2, 0.25) is 5.02 Å². The molecule has 1 amide bonds. The average Bonchev–Trinajstić information content (AvgIpc) is 2.70. The number of benzene rings is 1. The molecule has 1 aromatic rings. The van der Waals surface area contributed by atoms with E-state index in [2.05, 4.69) is 13.8 Å². The number of carbonyl (C=O) groups excluding carboxylic acids is 2. The normalized spacial score (nSPS) is 27.2. The highest BCUT2D eigenvalue weighted by Gasteiger charge is 2.34. The summed E-state index contributed by atoms with van der Waals surface area (Å²) in [6.45, 7) is 9.06. The van der Waals surface area contributed by atoms with Crippen LogP contribution < -0.4 is 0 Å². The van der Waals surface area contributed by atoms with Crippen LogP contribution in [-0.4, -0.2) is 74.5 Å². The van der Waals surface area contributed by atoms with E-state index in [1.807, 2.05) is 0 Å². The number of esters is 1. The van der Waals surface area contributed by atoms with Crippen molar-refractivity contribution in [1.82, 2.24) is 9.21 Å². The van der Waals surface area contributed by atoms with Gasteiger partial charge in [0.15, 0.2) is 6.61 Å². The number of rotatable bonds is 5. The zero-order valence-electron chi connectivity index (χ0n) is 18.9. The molecule has 1 aromatic carbocycles. The number of morpholine rings is 1. The van der Waals surface area contributed by atoms with Crippen molar-refractivity contribution in [2.45, 2.75) is 51.2 Å². The van der Waals surface area contributed by atoms with Crippen LogP contribution in [0.3, 0.4) is 0 Å². The molecule has 2 heterocycles. The van der Waals surface area contributed by atoms with Gasteiger partial charge in [0, 0.05) is 26.2 Å². The van der Waals surface area contributed by atoms with Crippen molar-refractivity contribution >= 4 is 33.5 Å². The minimum Gasteiger partial charge on any atom is -0.452 e. The molecular weight excluding hydrogens is 456 g/mol. The van der Waals surface area contributed by atoms with Crippen LogP contribution >= 0.6 is 11.6 Å². The lowest BCUT2D eigenvalue weighted by molar-refractivity contribution is -0.137. The second kappa shape index (κ2) is 10.1. The van der Waals surface area contributed by atoms with Gasteiger partial charge in [-0.05, 0) is 50.3 Å². The molecule has 178 valence electrons. The molecule has 0 bridgehead atoms. The maximum atomic E-state index is 13.2. The fraction of sp³-hybridized carbons (Fsp3) is 0.636. The van der Waals surface area contributed by atoms with E-state index >= 15 is 0 Å². The molecular formula is C22H31ClN2O6S. The van der Waals surface area contributed by atoms with Crippen molar-refractivity contribution in [3.63, 3.8) is 0 Å². The van der Waals surface area contributed by atoms with Gasteiger partial charge in [0.1, 0.15) is 4.90 Å². The summed E-state index contributed by atoms with van der Waals surface area (Å²) < 4.78 is 38.5. The van der Waals surface area contributed by atoms with Crippen LogP contribution in [0.25, 0.3) is 0 Å². The number of hydrogen-bond acceptors (Lipinski definition) is 6. The second-order valence-corrected chi connectivity index (χ2v) is 11.4. The van der Waals surface area contributed by atoms with Gasteiger partial charge in [0.2, 0.25) is 10.0 Å². The molecule has 0 aliphatic carbocycles. The van der Waals surface area contributed by atoms with E-state index in [1.54, 1.807) is 18.7 Å². The van der Waals surface area contributed by atoms with Gasteiger partial charge in [0.25, 0.3) is 5.91 Å². The molecule has 2 aliphatic rings. The van der Waals surface area contributed by atoms with Gasteiger partial charge < -0.3 is 14.4 Å². The number of halogens is 1. The minimum absolute atomic E-state index is 0.0146. The molecule has 4 atom stereocenters. The van der Waals surface area contributed by atoms with Crippen molar-refractivity contribution in [3.8, 4) is 0 Å². The Labute approximate surface area is 194 Å². The molecule has 0 radical (unpaired) electrons. The van der Waals surface area contributed by atoms with Crippen molar-refractivity contribution in [2.24, 2.45) is 11.8 Å². The van der Waals surface area contributed by atoms with Gasteiger partial charge in [-0.15, -0.1) is 0 Å². The predicted octanol–water partition coefficient (Wildman–Crippen LogP) is 2.80. The molecule has 3 rings (SSSR count). The third-order valence-electron chi connectivity index (χ3n) is 5.72. The zero-order valence-corrected chi connectivity index (χ0v) is 20.5. The first-order valence-corrected chi connectivity index (χ1v) is 12.7. The molecule has 2 aliphatic heterocycles. The predicted molar refractivity (Wildman–Crippen MR) is 120 cm³/mol. The molecule has 0 unspecified atom stereocenters. The minimum atomic E-state index is -3.94. The van der Waals surface area contributed by atoms with Crippen LogP contribution in [0.5, 0.6) is 0 Å². The third-order valence-corrected chi connectivity index (χ3v) is 8.03. The summed E-state index contributed by atoms with van der Waals surface area (Å²) in [4.78, 5) is 26.6. The number of piperidine rings is 1. The average molecular weight is 487 g/mol. The first-order valence-electron chi connectivity index (χ1n) is 10.9. The van der Waals surface area contributed by atoms with Crippen LogP contribution in [0.1, 0.15) is 44.5 Å². The smallest absolute Gasteiger partial charge is 0.338 e. The highest BCUT2D eigenvalue weighted by molar-refractivity contribution is 7.89. The third kappa shape index (κ3) is 5.81. The van der Waals surface area contributed by atoms with Crippen molar-refractivity contribution in [1.29, 1.82) is 0 Å². The molecule has 0 spiro atoms. The number of amides is 1. The number of sulfonamides is 1. The first kappa shape index (κ1) is 25.0. The fourth-order valence-corrected chi connectivity index (χ4v) is 6.55. The highest BCUT2D eigenvalue weighted by Crippen LogP contribution is 2.28. The Kier molecular flexibility index (Phi) is 7.85. The zero-order chi connectivity index (χ0) is 23.6. The Bertz CT molecular complexity index is 949. The number of likely N-dealkylation sites (tertiary alicyclic amines) is 1. The number of hydrogen-bond donors (Lipinski definition) is 0. The maximum absolute atomic E-state index is 13.2. The Morgan fingerprint density at radius 2 is 1.66 bits per heavy atom. The molecule has 10 heteroatoms. The lowest BCUT2D eigenvalue weighted by Gasteiger charge is -2.34. The molecule has 8 nitrogen and oxygen atoms in total. The summed E-state index contributed by atoms with van der Waals surface area (Å²) in [5, 5.41) is 0.0146. The summed E-state index contributed by atoms with van der Waals surface area (Å²) in [5.74, 6) is -0.232. The van der Waals surface area contributed by atoms with E-state index in [4.69, 9.17) is 21.1 Å². The van der Waals surface area contributed by atoms with Gasteiger partial charge in [0.05, 0.1) is 22.8 Å². The standard InChI is InChI=1S/C22H31ClN2O6S/c1-14-7-15(2)10-24(9-14)21(26)13-30-22(27)18-5-6-19(23)20(8-18)32(28,29)25-11-16(3)31-17(4)12-25/h5-6,8,14-17H,7,9-13H2,1-4H3/t14-,15+,16-,17-/m1/s1. The summed E-state index contributed by atoms with van der Waals surface area (Å²) in [6, 6.07) is 3.96. The Morgan fingerprint density at radius 1 is 1.06 bits per heavy atom. The Morgan fingerprint density at radius 3 is 2.25 bits per heavy atom. The van der Waals surface area contributed by atoms with Crippen molar-refractivity contribution < 1.29 is 27.5 Å². The van der Waals surface area contributed by atoms with Crippen LogP contribution in [-0.2, 0) is 24.3 Å². The van der Waals surface area contributed by atoms with Gasteiger partial charge in [-0.2, -0.15) is 4.31 Å². The van der Waals surface area contributed by atoms with Gasteiger partial charge >= 0.3 is 5.97 Å². The molecule has 0 N–H and O–H groups in total. The second-order valence-electron chi connectivity index (χ2n) is 9.05. The fourth-order valence-electron chi connectivity index (χ4n) is 4.46. The van der Waals surface area contributed by atoms with Crippen LogP contribution in [0, 0.1) is 11.8 Å². The molecule has 0 saturated carbocycles. The largest absolute Gasteiger partial charge is 0.452 e. The van der Waals surface area contributed by atoms with Gasteiger partial charge in [-0.3, -0.25) is 4.79 Å². The van der Waals surface area contributed by atoms with E-state index in [9.17, 15) is 18.0 Å². The lowest BCUT2D eigenvalue weighted by Crippen LogP contribution is -2.48. The van der Waals surface area contributed by atoms with E-state index in [1.165, 1.54) is 22.5 Å². The summed E-state index contributed by atoms with van der Waals surface area (Å²) in [6.07, 6.45) is 0.546. The quantitative estimate of drug-likeness (QED) is 0.594. The number of ether oxygens (including phenoxy) is 2. The summed E-state index contributed by atoms with van der Waals surface area (Å²) in [5.41, 5.74) is 0.0236. The number of carbonyl (C=O) groups is 2. The summed E-state index contributed by atoms with van der Waals surface area (Å²) >= 11 is 6.18. The lowest BCUT2D eigenvalue weighted by atomic mass is 9.92. The SMILES string of the molecule is C[C@@H]1C[C@H](C)CN(C(=O)COC(=O)c2ccc(Cl)c(S(=O)(=O)N3C[C@@H](C)O[C@H](C)C3)c2)C1.